The summed E-state index contributed by atoms with van der Waals surface area (Å²) in [6.07, 6.45) is 4.09. The Bertz CT molecular complexity index is 430. The van der Waals surface area contributed by atoms with Gasteiger partial charge in [-0.1, -0.05) is 12.8 Å². The first-order chi connectivity index (χ1) is 9.00. The van der Waals surface area contributed by atoms with Gasteiger partial charge in [0.25, 0.3) is 0 Å². The second-order valence-corrected chi connectivity index (χ2v) is 5.01. The summed E-state index contributed by atoms with van der Waals surface area (Å²) >= 11 is 0. The van der Waals surface area contributed by atoms with Gasteiger partial charge in [-0.15, -0.1) is 0 Å². The number of nitrogens with two attached hydrogens (primary N) is 1. The quantitative estimate of drug-likeness (QED) is 0.497. The topological polar surface area (TPSA) is 75.3 Å². The molecule has 0 bridgehead atoms. The third-order valence-electron chi connectivity index (χ3n) is 3.30. The molecule has 4 N–H and O–H groups in total. The zero-order valence-electron chi connectivity index (χ0n) is 11.8. The number of nitrogen functional groups attached to an aromatic ring is 1. The average molecular weight is 264 g/mol. The zero-order chi connectivity index (χ0) is 14.3. The highest BCUT2D eigenvalue weighted by atomic mass is 16.4. The summed E-state index contributed by atoms with van der Waals surface area (Å²) in [6.45, 7) is 5.00. The highest BCUT2D eigenvalue weighted by Crippen LogP contribution is 2.22. The molecule has 0 radical (unpaired) electrons. The summed E-state index contributed by atoms with van der Waals surface area (Å²) in [7, 11) is 0. The van der Waals surface area contributed by atoms with Crippen molar-refractivity contribution in [2.75, 3.05) is 17.6 Å². The van der Waals surface area contributed by atoms with E-state index in [1.54, 1.807) is 0 Å². The van der Waals surface area contributed by atoms with Crippen LogP contribution in [-0.2, 0) is 4.79 Å². The first-order valence-corrected chi connectivity index (χ1v) is 6.83. The van der Waals surface area contributed by atoms with E-state index in [0.717, 1.165) is 43.6 Å². The molecule has 0 fully saturated rings. The molecule has 0 aromatic heterocycles. The van der Waals surface area contributed by atoms with Crippen LogP contribution < -0.4 is 11.1 Å². The maximum Gasteiger partial charge on any atom is 0.303 e. The van der Waals surface area contributed by atoms with Crippen molar-refractivity contribution in [3.8, 4) is 0 Å². The molecule has 0 saturated carbocycles. The third kappa shape index (κ3) is 5.64. The summed E-state index contributed by atoms with van der Waals surface area (Å²) in [5.41, 5.74) is 10.2. The second-order valence-electron chi connectivity index (χ2n) is 5.01. The molecule has 1 rings (SSSR count). The van der Waals surface area contributed by atoms with Crippen LogP contribution in [0, 0.1) is 13.8 Å². The van der Waals surface area contributed by atoms with Crippen LogP contribution in [-0.4, -0.2) is 17.6 Å². The molecular formula is C15H24N2O2. The molecule has 0 aliphatic heterocycles. The molecule has 4 nitrogen and oxygen atoms in total. The summed E-state index contributed by atoms with van der Waals surface area (Å²) in [5.74, 6) is -0.707. The number of benzene rings is 1. The molecule has 0 atom stereocenters. The largest absolute Gasteiger partial charge is 0.481 e. The summed E-state index contributed by atoms with van der Waals surface area (Å²) in [6, 6.07) is 4.07. The lowest BCUT2D eigenvalue weighted by Gasteiger charge is -2.12. The Hall–Kier alpha value is -1.71. The van der Waals surface area contributed by atoms with Crippen LogP contribution in [0.3, 0.4) is 0 Å². The van der Waals surface area contributed by atoms with Crippen LogP contribution in [0.15, 0.2) is 12.1 Å². The molecule has 1 aromatic rings. The second kappa shape index (κ2) is 7.67. The van der Waals surface area contributed by atoms with Gasteiger partial charge in [0.15, 0.2) is 0 Å². The summed E-state index contributed by atoms with van der Waals surface area (Å²) in [4.78, 5) is 10.3. The van der Waals surface area contributed by atoms with Gasteiger partial charge in [-0.25, -0.2) is 0 Å². The predicted molar refractivity (Wildman–Crippen MR) is 79.5 cm³/mol. The zero-order valence-corrected chi connectivity index (χ0v) is 11.8. The molecule has 0 unspecified atom stereocenters. The Morgan fingerprint density at radius 3 is 2.47 bits per heavy atom. The lowest BCUT2D eigenvalue weighted by molar-refractivity contribution is -0.137. The Balaban J connectivity index is 2.23. The standard InChI is InChI=1S/C15H24N2O2/c1-11-9-13(16)14(10-12(11)2)17-8-6-4-3-5-7-15(18)19/h9-10,17H,3-8,16H2,1-2H3,(H,18,19). The van der Waals surface area contributed by atoms with Crippen LogP contribution in [0.5, 0.6) is 0 Å². The fourth-order valence-electron chi connectivity index (χ4n) is 1.97. The third-order valence-corrected chi connectivity index (χ3v) is 3.30. The highest BCUT2D eigenvalue weighted by molar-refractivity contribution is 5.68. The van der Waals surface area contributed by atoms with Gasteiger partial charge in [-0.05, 0) is 49.9 Å². The SMILES string of the molecule is Cc1cc(N)c(NCCCCCCC(=O)O)cc1C. The minimum absolute atomic E-state index is 0.275. The molecule has 0 spiro atoms. The molecule has 1 aromatic carbocycles. The smallest absolute Gasteiger partial charge is 0.303 e. The van der Waals surface area contributed by atoms with E-state index in [0.29, 0.717) is 0 Å². The van der Waals surface area contributed by atoms with E-state index in [4.69, 9.17) is 10.8 Å². The van der Waals surface area contributed by atoms with Crippen molar-refractivity contribution in [2.24, 2.45) is 0 Å². The number of aryl methyl sites for hydroxylation is 2. The Morgan fingerprint density at radius 1 is 1.16 bits per heavy atom. The summed E-state index contributed by atoms with van der Waals surface area (Å²) < 4.78 is 0. The number of aliphatic carboxylic acids is 1. The van der Waals surface area contributed by atoms with Gasteiger partial charge in [0.2, 0.25) is 0 Å². The van der Waals surface area contributed by atoms with Crippen LogP contribution in [0.25, 0.3) is 0 Å². The number of unbranched alkanes of at least 4 members (excludes halogenated alkanes) is 3. The number of carboxylic acid groups (broad SMARTS) is 1. The van der Waals surface area contributed by atoms with Gasteiger partial charge in [0.05, 0.1) is 11.4 Å². The van der Waals surface area contributed by atoms with E-state index < -0.39 is 5.97 Å². The van der Waals surface area contributed by atoms with E-state index in [1.165, 1.54) is 11.1 Å². The number of hydrogen-bond acceptors (Lipinski definition) is 3. The Morgan fingerprint density at radius 2 is 1.79 bits per heavy atom. The van der Waals surface area contributed by atoms with Gasteiger partial charge in [0, 0.05) is 13.0 Å². The van der Waals surface area contributed by atoms with E-state index >= 15 is 0 Å². The lowest BCUT2D eigenvalue weighted by atomic mass is 10.1. The van der Waals surface area contributed by atoms with E-state index in [2.05, 4.69) is 25.2 Å². The number of carbonyl (C=O) groups is 1. The highest BCUT2D eigenvalue weighted by Gasteiger charge is 2.02. The first-order valence-electron chi connectivity index (χ1n) is 6.83. The molecule has 19 heavy (non-hydrogen) atoms. The van der Waals surface area contributed by atoms with Gasteiger partial charge in [-0.2, -0.15) is 0 Å². The molecule has 0 aliphatic carbocycles. The van der Waals surface area contributed by atoms with Crippen molar-refractivity contribution in [3.63, 3.8) is 0 Å². The van der Waals surface area contributed by atoms with Gasteiger partial charge in [0.1, 0.15) is 0 Å². The Kier molecular flexibility index (Phi) is 6.19. The molecule has 0 saturated heterocycles. The number of nitrogens with one attached hydrogen (secondary N) is 1. The maximum absolute atomic E-state index is 10.3. The number of hydrogen-bond donors (Lipinski definition) is 3. The molecule has 0 aliphatic rings. The van der Waals surface area contributed by atoms with E-state index in [-0.39, 0.29) is 6.42 Å². The van der Waals surface area contributed by atoms with Crippen molar-refractivity contribution >= 4 is 17.3 Å². The van der Waals surface area contributed by atoms with Gasteiger partial charge >= 0.3 is 5.97 Å². The maximum atomic E-state index is 10.3. The predicted octanol–water partition coefficient (Wildman–Crippen LogP) is 3.33. The van der Waals surface area contributed by atoms with Crippen molar-refractivity contribution < 1.29 is 9.90 Å². The Labute approximate surface area is 115 Å². The number of carboxylic acids is 1. The fraction of sp³-hybridized carbons (Fsp3) is 0.533. The minimum atomic E-state index is -0.707. The van der Waals surface area contributed by atoms with Gasteiger partial charge < -0.3 is 16.2 Å². The van der Waals surface area contributed by atoms with Crippen LogP contribution in [0.4, 0.5) is 11.4 Å². The van der Waals surface area contributed by atoms with Crippen LogP contribution >= 0.6 is 0 Å². The van der Waals surface area contributed by atoms with Crippen LogP contribution in [0.2, 0.25) is 0 Å². The number of anilines is 2. The molecule has 106 valence electrons. The summed E-state index contributed by atoms with van der Waals surface area (Å²) in [5, 5.41) is 11.9. The fourth-order valence-corrected chi connectivity index (χ4v) is 1.97. The lowest BCUT2D eigenvalue weighted by Crippen LogP contribution is -2.05. The molecule has 0 heterocycles. The van der Waals surface area contributed by atoms with Gasteiger partial charge in [-0.3, -0.25) is 4.79 Å². The van der Waals surface area contributed by atoms with Crippen LogP contribution in [0.1, 0.15) is 43.2 Å². The van der Waals surface area contributed by atoms with Crippen molar-refractivity contribution in [3.05, 3.63) is 23.3 Å². The molecule has 0 amide bonds. The molecule has 4 heteroatoms. The molecular weight excluding hydrogens is 240 g/mol. The monoisotopic (exact) mass is 264 g/mol. The van der Waals surface area contributed by atoms with Crippen molar-refractivity contribution in [1.29, 1.82) is 0 Å². The van der Waals surface area contributed by atoms with E-state index in [9.17, 15) is 4.79 Å². The van der Waals surface area contributed by atoms with Crippen molar-refractivity contribution in [1.82, 2.24) is 0 Å². The normalized spacial score (nSPS) is 10.4. The minimum Gasteiger partial charge on any atom is -0.481 e. The van der Waals surface area contributed by atoms with E-state index in [1.807, 2.05) is 6.07 Å². The average Bonchev–Trinajstić information content (AvgIpc) is 2.33. The number of rotatable bonds is 8. The first kappa shape index (κ1) is 15.3. The van der Waals surface area contributed by atoms with Crippen molar-refractivity contribution in [2.45, 2.75) is 46.0 Å².